The maximum atomic E-state index is 6.08. The van der Waals surface area contributed by atoms with Gasteiger partial charge in [0.05, 0.1) is 12.0 Å². The van der Waals surface area contributed by atoms with Crippen LogP contribution in [0, 0.1) is 0 Å². The average Bonchev–Trinajstić information content (AvgIpc) is 2.96. The van der Waals surface area contributed by atoms with E-state index in [1.54, 1.807) is 6.26 Å². The average molecular weight is 282 g/mol. The molecule has 1 atom stereocenters. The first-order chi connectivity index (χ1) is 9.15. The summed E-state index contributed by atoms with van der Waals surface area (Å²) in [5.41, 5.74) is 3.31. The van der Waals surface area contributed by atoms with Crippen LogP contribution >= 0.6 is 11.6 Å². The van der Waals surface area contributed by atoms with Gasteiger partial charge in [-0.3, -0.25) is 4.68 Å². The molecule has 0 amide bonds. The largest absolute Gasteiger partial charge is 0.453 e. The molecule has 104 valence electrons. The van der Waals surface area contributed by atoms with Gasteiger partial charge in [-0.25, -0.2) is 0 Å². The molecule has 0 saturated carbocycles. The van der Waals surface area contributed by atoms with Crippen molar-refractivity contribution in [1.82, 2.24) is 15.1 Å². The Morgan fingerprint density at radius 2 is 2.26 bits per heavy atom. The van der Waals surface area contributed by atoms with Crippen molar-refractivity contribution in [1.29, 1.82) is 0 Å². The van der Waals surface area contributed by atoms with Crippen LogP contribution in [0.2, 0.25) is 5.22 Å². The maximum Gasteiger partial charge on any atom is 0.197 e. The van der Waals surface area contributed by atoms with E-state index in [0.717, 1.165) is 30.6 Å². The van der Waals surface area contributed by atoms with Gasteiger partial charge in [0, 0.05) is 30.8 Å². The lowest BCUT2D eigenvalue weighted by Crippen LogP contribution is -2.23. The molecule has 4 nitrogen and oxygen atoms in total. The summed E-state index contributed by atoms with van der Waals surface area (Å²) in [4.78, 5) is 0. The molecule has 0 spiro atoms. The summed E-state index contributed by atoms with van der Waals surface area (Å²) < 4.78 is 7.13. The van der Waals surface area contributed by atoms with E-state index in [4.69, 9.17) is 16.0 Å². The Balaban J connectivity index is 2.21. The summed E-state index contributed by atoms with van der Waals surface area (Å²) >= 11 is 6.08. The van der Waals surface area contributed by atoms with Crippen molar-refractivity contribution in [2.75, 3.05) is 6.54 Å². The molecule has 2 aromatic rings. The standard InChI is InChI=1S/C14H20ClN3O/c1-4-10-8-11(18(3)17-10)9-13(16-5-2)12-6-7-19-14(12)15/h6-8,13,16H,4-5,9H2,1-3H3. The van der Waals surface area contributed by atoms with Crippen LogP contribution in [-0.2, 0) is 19.9 Å². The van der Waals surface area contributed by atoms with E-state index in [-0.39, 0.29) is 6.04 Å². The van der Waals surface area contributed by atoms with Crippen LogP contribution in [0.5, 0.6) is 0 Å². The van der Waals surface area contributed by atoms with Crippen LogP contribution in [-0.4, -0.2) is 16.3 Å². The second kappa shape index (κ2) is 6.26. The van der Waals surface area contributed by atoms with Gasteiger partial charge in [-0.1, -0.05) is 13.8 Å². The maximum absolute atomic E-state index is 6.08. The first-order valence-electron chi connectivity index (χ1n) is 6.63. The molecule has 2 heterocycles. The zero-order valence-corrected chi connectivity index (χ0v) is 12.4. The van der Waals surface area contributed by atoms with Crippen molar-refractivity contribution in [3.63, 3.8) is 0 Å². The highest BCUT2D eigenvalue weighted by molar-refractivity contribution is 6.29. The highest BCUT2D eigenvalue weighted by Gasteiger charge is 2.18. The normalized spacial score (nSPS) is 12.8. The number of likely N-dealkylation sites (N-methyl/N-ethyl adjacent to an activating group) is 1. The monoisotopic (exact) mass is 281 g/mol. The van der Waals surface area contributed by atoms with Gasteiger partial charge in [-0.15, -0.1) is 0 Å². The summed E-state index contributed by atoms with van der Waals surface area (Å²) in [6, 6.07) is 4.22. The molecule has 1 N–H and O–H groups in total. The fraction of sp³-hybridized carbons (Fsp3) is 0.500. The summed E-state index contributed by atoms with van der Waals surface area (Å²) in [6.45, 7) is 5.08. The molecule has 0 radical (unpaired) electrons. The molecule has 0 saturated heterocycles. The lowest BCUT2D eigenvalue weighted by Gasteiger charge is -2.16. The second-order valence-electron chi connectivity index (χ2n) is 4.57. The first kappa shape index (κ1) is 14.2. The highest BCUT2D eigenvalue weighted by Crippen LogP contribution is 2.26. The molecule has 0 fully saturated rings. The van der Waals surface area contributed by atoms with Gasteiger partial charge in [0.2, 0.25) is 0 Å². The first-order valence-corrected chi connectivity index (χ1v) is 7.01. The molecule has 5 heteroatoms. The van der Waals surface area contributed by atoms with E-state index in [9.17, 15) is 0 Å². The van der Waals surface area contributed by atoms with Crippen molar-refractivity contribution in [3.05, 3.63) is 40.6 Å². The lowest BCUT2D eigenvalue weighted by atomic mass is 10.0. The Hall–Kier alpha value is -1.26. The number of aromatic nitrogens is 2. The Labute approximate surface area is 118 Å². The molecule has 0 aliphatic carbocycles. The number of halogens is 1. The minimum atomic E-state index is 0.149. The van der Waals surface area contributed by atoms with Crippen molar-refractivity contribution < 1.29 is 4.42 Å². The molecular formula is C14H20ClN3O. The van der Waals surface area contributed by atoms with E-state index in [2.05, 4.69) is 30.3 Å². The zero-order chi connectivity index (χ0) is 13.8. The van der Waals surface area contributed by atoms with Gasteiger partial charge in [-0.05, 0) is 36.7 Å². The lowest BCUT2D eigenvalue weighted by molar-refractivity contribution is 0.513. The van der Waals surface area contributed by atoms with E-state index in [0.29, 0.717) is 5.22 Å². The summed E-state index contributed by atoms with van der Waals surface area (Å²) in [7, 11) is 1.98. The van der Waals surface area contributed by atoms with Crippen molar-refractivity contribution >= 4 is 11.6 Å². The third kappa shape index (κ3) is 3.19. The summed E-state index contributed by atoms with van der Waals surface area (Å²) in [6.07, 6.45) is 3.42. The molecule has 19 heavy (non-hydrogen) atoms. The number of nitrogens with zero attached hydrogens (tertiary/aromatic N) is 2. The fourth-order valence-corrected chi connectivity index (χ4v) is 2.48. The van der Waals surface area contributed by atoms with E-state index >= 15 is 0 Å². The Morgan fingerprint density at radius 3 is 2.79 bits per heavy atom. The highest BCUT2D eigenvalue weighted by atomic mass is 35.5. The van der Waals surface area contributed by atoms with E-state index in [1.807, 2.05) is 17.8 Å². The van der Waals surface area contributed by atoms with Gasteiger partial charge in [0.25, 0.3) is 0 Å². The Kier molecular flexibility index (Phi) is 4.66. The van der Waals surface area contributed by atoms with Crippen LogP contribution in [0.3, 0.4) is 0 Å². The quantitative estimate of drug-likeness (QED) is 0.885. The molecule has 0 aromatic carbocycles. The third-order valence-electron chi connectivity index (χ3n) is 3.27. The zero-order valence-electron chi connectivity index (χ0n) is 11.6. The van der Waals surface area contributed by atoms with Gasteiger partial charge < -0.3 is 9.73 Å². The predicted molar refractivity (Wildman–Crippen MR) is 76.4 cm³/mol. The van der Waals surface area contributed by atoms with Gasteiger partial charge in [0.15, 0.2) is 5.22 Å². The van der Waals surface area contributed by atoms with Crippen LogP contribution in [0.25, 0.3) is 0 Å². The van der Waals surface area contributed by atoms with Crippen molar-refractivity contribution in [2.45, 2.75) is 32.7 Å². The topological polar surface area (TPSA) is 43.0 Å². The fourth-order valence-electron chi connectivity index (χ4n) is 2.24. The van der Waals surface area contributed by atoms with Crippen LogP contribution < -0.4 is 5.32 Å². The molecule has 2 aromatic heterocycles. The minimum absolute atomic E-state index is 0.149. The molecule has 0 aliphatic rings. The van der Waals surface area contributed by atoms with Crippen molar-refractivity contribution in [3.8, 4) is 0 Å². The molecule has 0 bridgehead atoms. The van der Waals surface area contributed by atoms with E-state index < -0.39 is 0 Å². The molecule has 1 unspecified atom stereocenters. The van der Waals surface area contributed by atoms with Gasteiger partial charge in [-0.2, -0.15) is 5.10 Å². The van der Waals surface area contributed by atoms with Crippen LogP contribution in [0.4, 0.5) is 0 Å². The second-order valence-corrected chi connectivity index (χ2v) is 4.91. The van der Waals surface area contributed by atoms with Gasteiger partial charge in [0.1, 0.15) is 0 Å². The summed E-state index contributed by atoms with van der Waals surface area (Å²) in [5, 5.41) is 8.38. The molecule has 2 rings (SSSR count). The van der Waals surface area contributed by atoms with Crippen LogP contribution in [0.1, 0.15) is 36.8 Å². The van der Waals surface area contributed by atoms with Crippen molar-refractivity contribution in [2.24, 2.45) is 7.05 Å². The minimum Gasteiger partial charge on any atom is -0.453 e. The summed E-state index contributed by atoms with van der Waals surface area (Å²) in [5.74, 6) is 0. The predicted octanol–water partition coefficient (Wildman–Crippen LogP) is 3.12. The molecule has 0 aliphatic heterocycles. The van der Waals surface area contributed by atoms with E-state index in [1.165, 1.54) is 5.69 Å². The number of hydrogen-bond donors (Lipinski definition) is 1. The number of nitrogens with one attached hydrogen (secondary N) is 1. The number of rotatable bonds is 6. The number of hydrogen-bond acceptors (Lipinski definition) is 3. The Bertz CT molecular complexity index is 533. The SMILES string of the molecule is CCNC(Cc1cc(CC)nn1C)c1ccoc1Cl. The number of aryl methyl sites for hydroxylation is 2. The number of furan rings is 1. The smallest absolute Gasteiger partial charge is 0.197 e. The Morgan fingerprint density at radius 1 is 1.47 bits per heavy atom. The third-order valence-corrected chi connectivity index (χ3v) is 3.58. The van der Waals surface area contributed by atoms with Crippen LogP contribution in [0.15, 0.2) is 22.8 Å². The van der Waals surface area contributed by atoms with Gasteiger partial charge >= 0.3 is 0 Å². The molecular weight excluding hydrogens is 262 g/mol.